The number of rotatable bonds is 5. The molecule has 0 saturated heterocycles. The second-order valence-corrected chi connectivity index (χ2v) is 11.6. The lowest BCUT2D eigenvalue weighted by molar-refractivity contribution is -0.137. The summed E-state index contributed by atoms with van der Waals surface area (Å²) in [7, 11) is 0. The van der Waals surface area contributed by atoms with Crippen LogP contribution in [-0.2, 0) is 14.9 Å². The van der Waals surface area contributed by atoms with Gasteiger partial charge in [-0.2, -0.15) is 0 Å². The summed E-state index contributed by atoms with van der Waals surface area (Å²) >= 11 is 7.39. The number of ether oxygens (including phenoxy) is 1. The lowest BCUT2D eigenvalue weighted by atomic mass is 9.48. The van der Waals surface area contributed by atoms with Gasteiger partial charge in [-0.25, -0.2) is 4.79 Å². The van der Waals surface area contributed by atoms with E-state index in [0.717, 1.165) is 49.0 Å². The summed E-state index contributed by atoms with van der Waals surface area (Å²) in [6.07, 6.45) is 11.0. The summed E-state index contributed by atoms with van der Waals surface area (Å²) in [4.78, 5) is 11.7. The molecule has 2 aromatic carbocycles. The second kappa shape index (κ2) is 8.64. The minimum Gasteiger partial charge on any atom is -0.508 e. The van der Waals surface area contributed by atoms with Crippen molar-refractivity contribution in [2.24, 2.45) is 17.8 Å². The summed E-state index contributed by atoms with van der Waals surface area (Å²) in [5.74, 6) is 2.58. The van der Waals surface area contributed by atoms with Crippen LogP contribution in [0.1, 0.15) is 56.6 Å². The van der Waals surface area contributed by atoms with Crippen molar-refractivity contribution in [3.8, 4) is 16.9 Å². The Kier molecular flexibility index (Phi) is 6.00. The van der Waals surface area contributed by atoms with E-state index in [2.05, 4.69) is 44.0 Å². The van der Waals surface area contributed by atoms with Crippen LogP contribution in [0.2, 0.25) is 0 Å². The molecule has 168 valence electrons. The van der Waals surface area contributed by atoms with Crippen molar-refractivity contribution in [3.63, 3.8) is 0 Å². The van der Waals surface area contributed by atoms with Gasteiger partial charge in [-0.15, -0.1) is 0 Å². The third kappa shape index (κ3) is 4.07. The van der Waals surface area contributed by atoms with Crippen molar-refractivity contribution in [2.45, 2.75) is 50.9 Å². The molecule has 32 heavy (non-hydrogen) atoms. The smallest absolute Gasteiger partial charge is 0.330 e. The van der Waals surface area contributed by atoms with Gasteiger partial charge in [0.2, 0.25) is 0 Å². The molecular formula is C27H28Br2O3. The fourth-order valence-electron chi connectivity index (χ4n) is 6.83. The highest BCUT2D eigenvalue weighted by Crippen LogP contribution is 2.62. The molecule has 0 aliphatic heterocycles. The van der Waals surface area contributed by atoms with E-state index in [1.165, 1.54) is 44.6 Å². The topological polar surface area (TPSA) is 46.5 Å². The zero-order valence-corrected chi connectivity index (χ0v) is 21.4. The van der Waals surface area contributed by atoms with Gasteiger partial charge in [-0.05, 0) is 116 Å². The van der Waals surface area contributed by atoms with Crippen LogP contribution in [0.3, 0.4) is 0 Å². The van der Waals surface area contributed by atoms with Gasteiger partial charge in [0, 0.05) is 20.6 Å². The summed E-state index contributed by atoms with van der Waals surface area (Å²) < 4.78 is 6.83. The minimum atomic E-state index is -0.349. The molecule has 2 aromatic rings. The highest BCUT2D eigenvalue weighted by atomic mass is 79.9. The maximum atomic E-state index is 11.7. The van der Waals surface area contributed by atoms with E-state index < -0.39 is 0 Å². The van der Waals surface area contributed by atoms with Crippen LogP contribution >= 0.6 is 31.9 Å². The highest BCUT2D eigenvalue weighted by Gasteiger charge is 2.52. The van der Waals surface area contributed by atoms with Gasteiger partial charge >= 0.3 is 5.97 Å². The molecule has 0 amide bonds. The van der Waals surface area contributed by atoms with Gasteiger partial charge in [-0.1, -0.05) is 37.9 Å². The largest absolute Gasteiger partial charge is 0.508 e. The first-order valence-electron chi connectivity index (χ1n) is 11.5. The summed E-state index contributed by atoms with van der Waals surface area (Å²) in [5.41, 5.74) is 4.34. The number of phenols is 1. The average Bonchev–Trinajstić information content (AvgIpc) is 2.74. The van der Waals surface area contributed by atoms with Gasteiger partial charge in [-0.3, -0.25) is 0 Å². The third-order valence-electron chi connectivity index (χ3n) is 7.69. The lowest BCUT2D eigenvalue weighted by Gasteiger charge is -2.57. The van der Waals surface area contributed by atoms with Gasteiger partial charge in [0.05, 0.1) is 6.61 Å². The number of phenolic OH excluding ortho intramolecular Hbond substituents is 1. The lowest BCUT2D eigenvalue weighted by Crippen LogP contribution is -2.48. The Morgan fingerprint density at radius 1 is 1.06 bits per heavy atom. The minimum absolute atomic E-state index is 0.140. The number of benzene rings is 2. The van der Waals surface area contributed by atoms with Crippen molar-refractivity contribution >= 4 is 43.9 Å². The van der Waals surface area contributed by atoms with Crippen LogP contribution in [0.25, 0.3) is 17.2 Å². The molecule has 0 unspecified atom stereocenters. The van der Waals surface area contributed by atoms with Crippen LogP contribution < -0.4 is 0 Å². The number of carbonyl (C=O) groups is 1. The van der Waals surface area contributed by atoms with E-state index in [1.807, 2.05) is 18.2 Å². The van der Waals surface area contributed by atoms with E-state index in [1.54, 1.807) is 13.0 Å². The third-order valence-corrected chi connectivity index (χ3v) is 9.03. The van der Waals surface area contributed by atoms with E-state index in [0.29, 0.717) is 12.4 Å². The molecular weight excluding hydrogens is 532 g/mol. The zero-order chi connectivity index (χ0) is 22.5. The predicted molar refractivity (Wildman–Crippen MR) is 134 cm³/mol. The standard InChI is InChI=1S/C27H28Br2O3/c1-2-32-26(31)6-4-20-11-24(29)21(12-23(20)28)19-3-5-25(30)22(10-19)27-13-16-7-17(14-27)9-18(8-16)15-27/h3-6,10-12,16-18,30H,2,7-9,13-15H2,1H3/b6-4+. The van der Waals surface area contributed by atoms with Gasteiger partial charge in [0.1, 0.15) is 5.75 Å². The normalized spacial score (nSPS) is 28.4. The van der Waals surface area contributed by atoms with E-state index in [4.69, 9.17) is 4.74 Å². The molecule has 0 aromatic heterocycles. The van der Waals surface area contributed by atoms with Gasteiger partial charge in [0.25, 0.3) is 0 Å². The molecule has 4 aliphatic carbocycles. The first-order valence-corrected chi connectivity index (χ1v) is 13.1. The van der Waals surface area contributed by atoms with E-state index in [9.17, 15) is 9.90 Å². The average molecular weight is 560 g/mol. The van der Waals surface area contributed by atoms with Crippen molar-refractivity contribution in [1.82, 2.24) is 0 Å². The first kappa shape index (κ1) is 22.2. The molecule has 0 radical (unpaired) electrons. The van der Waals surface area contributed by atoms with E-state index >= 15 is 0 Å². The number of hydrogen-bond donors (Lipinski definition) is 1. The molecule has 4 fully saturated rings. The zero-order valence-electron chi connectivity index (χ0n) is 18.2. The molecule has 0 atom stereocenters. The van der Waals surface area contributed by atoms with Crippen LogP contribution in [-0.4, -0.2) is 17.7 Å². The molecule has 4 saturated carbocycles. The Morgan fingerprint density at radius 3 is 2.34 bits per heavy atom. The summed E-state index contributed by atoms with van der Waals surface area (Å²) in [6, 6.07) is 10.2. The Morgan fingerprint density at radius 2 is 1.72 bits per heavy atom. The Labute approximate surface area is 206 Å². The Hall–Kier alpha value is -1.59. The van der Waals surface area contributed by atoms with Crippen LogP contribution in [0.15, 0.2) is 45.4 Å². The SMILES string of the molecule is CCOC(=O)/C=C/c1cc(Br)c(-c2ccc(O)c(C34CC5CC(CC(C5)C3)C4)c2)cc1Br. The van der Waals surface area contributed by atoms with E-state index in [-0.39, 0.29) is 11.4 Å². The number of aromatic hydroxyl groups is 1. The van der Waals surface area contributed by atoms with Crippen molar-refractivity contribution in [1.29, 1.82) is 0 Å². The molecule has 4 bridgehead atoms. The number of halogens is 2. The summed E-state index contributed by atoms with van der Waals surface area (Å²) in [6.45, 7) is 2.16. The van der Waals surface area contributed by atoms with Gasteiger partial charge < -0.3 is 9.84 Å². The van der Waals surface area contributed by atoms with Crippen LogP contribution in [0, 0.1) is 17.8 Å². The molecule has 6 rings (SSSR count). The molecule has 1 N–H and O–H groups in total. The fourth-order valence-corrected chi connectivity index (χ4v) is 7.89. The number of carbonyl (C=O) groups excluding carboxylic acids is 1. The molecule has 0 heterocycles. The maximum Gasteiger partial charge on any atom is 0.330 e. The molecule has 3 nitrogen and oxygen atoms in total. The number of esters is 1. The monoisotopic (exact) mass is 558 g/mol. The van der Waals surface area contributed by atoms with Crippen molar-refractivity contribution in [2.75, 3.05) is 6.61 Å². The highest BCUT2D eigenvalue weighted by molar-refractivity contribution is 9.11. The fraction of sp³-hybridized carbons (Fsp3) is 0.444. The molecule has 5 heteroatoms. The second-order valence-electron chi connectivity index (χ2n) is 9.87. The maximum absolute atomic E-state index is 11.7. The molecule has 4 aliphatic rings. The van der Waals surface area contributed by atoms with Crippen molar-refractivity contribution < 1.29 is 14.6 Å². The first-order chi connectivity index (χ1) is 15.4. The van der Waals surface area contributed by atoms with Crippen molar-refractivity contribution in [3.05, 3.63) is 56.5 Å². The quantitative estimate of drug-likeness (QED) is 0.302. The molecule has 0 spiro atoms. The number of hydrogen-bond acceptors (Lipinski definition) is 3. The van der Waals surface area contributed by atoms with Gasteiger partial charge in [0.15, 0.2) is 0 Å². The summed E-state index contributed by atoms with van der Waals surface area (Å²) in [5, 5.41) is 10.9. The van der Waals surface area contributed by atoms with Crippen LogP contribution in [0.5, 0.6) is 5.75 Å². The Bertz CT molecular complexity index is 1050. The predicted octanol–water partition coefficient (Wildman–Crippen LogP) is 7.63. The Balaban J connectivity index is 1.49. The van der Waals surface area contributed by atoms with Crippen LogP contribution in [0.4, 0.5) is 0 Å².